The molecular formula is C24H19N3O4. The zero-order valence-electron chi connectivity index (χ0n) is 16.8. The number of nitrogens with zero attached hydrogens (tertiary/aromatic N) is 3. The maximum atomic E-state index is 13.2. The third kappa shape index (κ3) is 3.24. The Labute approximate surface area is 178 Å². The van der Waals surface area contributed by atoms with Crippen molar-refractivity contribution >= 4 is 23.4 Å². The summed E-state index contributed by atoms with van der Waals surface area (Å²) in [5, 5.41) is 5.89. The molecule has 0 spiro atoms. The van der Waals surface area contributed by atoms with Gasteiger partial charge in [-0.1, -0.05) is 42.0 Å². The summed E-state index contributed by atoms with van der Waals surface area (Å²) in [5.41, 5.74) is 3.42. The third-order valence-corrected chi connectivity index (χ3v) is 5.59. The molecule has 0 radical (unpaired) electrons. The summed E-state index contributed by atoms with van der Waals surface area (Å²) < 4.78 is 5.55. The Morgan fingerprint density at radius 1 is 1.00 bits per heavy atom. The number of carbonyl (C=O) groups excluding carboxylic acids is 3. The molecule has 2 aliphatic heterocycles. The Kier molecular flexibility index (Phi) is 4.51. The van der Waals surface area contributed by atoms with E-state index in [4.69, 9.17) is 4.42 Å². The molecule has 0 saturated carbocycles. The van der Waals surface area contributed by atoms with Gasteiger partial charge in [0, 0.05) is 6.42 Å². The Bertz CT molecular complexity index is 1180. The second kappa shape index (κ2) is 7.36. The van der Waals surface area contributed by atoms with Gasteiger partial charge in [0.05, 0.1) is 23.1 Å². The first kappa shape index (κ1) is 19.0. The van der Waals surface area contributed by atoms with Crippen LogP contribution < -0.4 is 0 Å². The van der Waals surface area contributed by atoms with Crippen LogP contribution in [-0.4, -0.2) is 39.9 Å². The van der Waals surface area contributed by atoms with Crippen molar-refractivity contribution in [1.82, 2.24) is 9.91 Å². The molecule has 154 valence electrons. The van der Waals surface area contributed by atoms with Crippen molar-refractivity contribution in [3.63, 3.8) is 0 Å². The van der Waals surface area contributed by atoms with E-state index in [1.54, 1.807) is 42.7 Å². The summed E-state index contributed by atoms with van der Waals surface area (Å²) in [6.45, 7) is 1.62. The highest BCUT2D eigenvalue weighted by Crippen LogP contribution is 2.33. The number of fused-ring (bicyclic) bond motifs is 1. The average Bonchev–Trinajstić information content (AvgIpc) is 3.51. The van der Waals surface area contributed by atoms with Crippen LogP contribution in [0.25, 0.3) is 0 Å². The largest absolute Gasteiger partial charge is 0.467 e. The van der Waals surface area contributed by atoms with E-state index in [2.05, 4.69) is 5.10 Å². The number of rotatable bonds is 4. The predicted octanol–water partition coefficient (Wildman–Crippen LogP) is 3.56. The molecule has 3 amide bonds. The molecule has 2 aliphatic rings. The Balaban J connectivity index is 1.43. The van der Waals surface area contributed by atoms with E-state index in [1.165, 1.54) is 5.01 Å². The number of hydrogen-bond donors (Lipinski definition) is 0. The molecule has 1 atom stereocenters. The number of hydrazone groups is 1. The maximum Gasteiger partial charge on any atom is 0.263 e. The fourth-order valence-electron chi connectivity index (χ4n) is 3.95. The van der Waals surface area contributed by atoms with Gasteiger partial charge in [-0.05, 0) is 36.8 Å². The van der Waals surface area contributed by atoms with Crippen LogP contribution in [0.4, 0.5) is 0 Å². The van der Waals surface area contributed by atoms with Crippen LogP contribution in [0, 0.1) is 6.92 Å². The molecule has 7 nitrogen and oxygen atoms in total. The highest BCUT2D eigenvalue weighted by molar-refractivity contribution is 6.22. The predicted molar refractivity (Wildman–Crippen MR) is 112 cm³/mol. The number of aryl methyl sites for hydroxylation is 1. The van der Waals surface area contributed by atoms with Crippen molar-refractivity contribution in [1.29, 1.82) is 0 Å². The van der Waals surface area contributed by atoms with Crippen LogP contribution in [0.5, 0.6) is 0 Å². The molecule has 0 aliphatic carbocycles. The lowest BCUT2D eigenvalue weighted by Crippen LogP contribution is -2.41. The van der Waals surface area contributed by atoms with Crippen LogP contribution in [0.2, 0.25) is 0 Å². The van der Waals surface area contributed by atoms with Gasteiger partial charge in [0.25, 0.3) is 17.7 Å². The molecular weight excluding hydrogens is 394 g/mol. The smallest absolute Gasteiger partial charge is 0.263 e. The van der Waals surface area contributed by atoms with E-state index in [9.17, 15) is 14.4 Å². The van der Waals surface area contributed by atoms with Crippen molar-refractivity contribution in [2.45, 2.75) is 19.4 Å². The van der Waals surface area contributed by atoms with Crippen LogP contribution in [0.15, 0.2) is 76.4 Å². The summed E-state index contributed by atoms with van der Waals surface area (Å²) in [5.74, 6) is -0.782. The molecule has 31 heavy (non-hydrogen) atoms. The topological polar surface area (TPSA) is 83.2 Å². The fraction of sp³-hybridized carbons (Fsp3) is 0.167. The van der Waals surface area contributed by atoms with E-state index >= 15 is 0 Å². The van der Waals surface area contributed by atoms with Gasteiger partial charge in [0.1, 0.15) is 18.3 Å². The lowest BCUT2D eigenvalue weighted by molar-refractivity contribution is -0.133. The van der Waals surface area contributed by atoms with Gasteiger partial charge < -0.3 is 4.42 Å². The summed E-state index contributed by atoms with van der Waals surface area (Å²) in [4.78, 5) is 39.5. The molecule has 3 heterocycles. The SMILES string of the molecule is Cc1ccc(C2=NN(C(=O)CN3C(=O)c4ccccc4C3=O)C(c3ccco3)C2)cc1. The number of carbonyl (C=O) groups is 3. The Hall–Kier alpha value is -4.00. The molecule has 0 saturated heterocycles. The molecule has 3 aromatic rings. The monoisotopic (exact) mass is 413 g/mol. The number of benzene rings is 2. The lowest BCUT2D eigenvalue weighted by atomic mass is 10.0. The Morgan fingerprint density at radius 3 is 2.29 bits per heavy atom. The van der Waals surface area contributed by atoms with E-state index in [1.807, 2.05) is 31.2 Å². The number of furan rings is 1. The van der Waals surface area contributed by atoms with Crippen LogP contribution in [0.1, 0.15) is 50.1 Å². The van der Waals surface area contributed by atoms with Crippen molar-refractivity contribution in [2.75, 3.05) is 6.54 Å². The molecule has 1 unspecified atom stereocenters. The minimum absolute atomic E-state index is 0.313. The van der Waals surface area contributed by atoms with Gasteiger partial charge in [-0.15, -0.1) is 0 Å². The van der Waals surface area contributed by atoms with Crippen molar-refractivity contribution in [3.8, 4) is 0 Å². The van der Waals surface area contributed by atoms with Gasteiger partial charge in [-0.25, -0.2) is 5.01 Å². The first-order valence-corrected chi connectivity index (χ1v) is 9.98. The fourth-order valence-corrected chi connectivity index (χ4v) is 3.95. The summed E-state index contributed by atoms with van der Waals surface area (Å²) >= 11 is 0. The second-order valence-electron chi connectivity index (χ2n) is 7.63. The summed E-state index contributed by atoms with van der Waals surface area (Å²) in [6.07, 6.45) is 2.02. The van der Waals surface area contributed by atoms with Gasteiger partial charge in [-0.2, -0.15) is 5.10 Å². The zero-order chi connectivity index (χ0) is 21.5. The highest BCUT2D eigenvalue weighted by atomic mass is 16.3. The quantitative estimate of drug-likeness (QED) is 0.613. The van der Waals surface area contributed by atoms with Gasteiger partial charge >= 0.3 is 0 Å². The number of amides is 3. The summed E-state index contributed by atoms with van der Waals surface area (Å²) in [6, 6.07) is 17.6. The third-order valence-electron chi connectivity index (χ3n) is 5.59. The van der Waals surface area contributed by atoms with Crippen LogP contribution in [-0.2, 0) is 4.79 Å². The minimum Gasteiger partial charge on any atom is -0.467 e. The molecule has 2 aromatic carbocycles. The number of hydrogen-bond acceptors (Lipinski definition) is 5. The normalized spacial score (nSPS) is 17.8. The molecule has 0 fully saturated rings. The van der Waals surface area contributed by atoms with Crippen LogP contribution >= 0.6 is 0 Å². The summed E-state index contributed by atoms with van der Waals surface area (Å²) in [7, 11) is 0. The van der Waals surface area contributed by atoms with Gasteiger partial charge in [0.15, 0.2) is 0 Å². The first-order chi connectivity index (χ1) is 15.0. The Morgan fingerprint density at radius 2 is 1.68 bits per heavy atom. The van der Waals surface area contributed by atoms with E-state index in [0.29, 0.717) is 23.3 Å². The molecule has 0 N–H and O–H groups in total. The molecule has 5 rings (SSSR count). The maximum absolute atomic E-state index is 13.2. The van der Waals surface area contributed by atoms with Gasteiger partial charge in [-0.3, -0.25) is 19.3 Å². The number of imide groups is 1. The first-order valence-electron chi connectivity index (χ1n) is 9.98. The zero-order valence-corrected chi connectivity index (χ0v) is 16.8. The van der Waals surface area contributed by atoms with Gasteiger partial charge in [0.2, 0.25) is 0 Å². The standard InChI is InChI=1S/C24H19N3O4/c1-15-8-10-16(11-9-15)19-13-20(21-7-4-12-31-21)27(25-19)22(28)14-26-23(29)17-5-2-3-6-18(17)24(26)30/h2-12,20H,13-14H2,1H3. The minimum atomic E-state index is -0.467. The van der Waals surface area contributed by atoms with Crippen molar-refractivity contribution < 1.29 is 18.8 Å². The average molecular weight is 413 g/mol. The molecule has 7 heteroatoms. The van der Waals surface area contributed by atoms with Crippen molar-refractivity contribution in [2.24, 2.45) is 5.10 Å². The molecule has 1 aromatic heterocycles. The molecule has 0 bridgehead atoms. The lowest BCUT2D eigenvalue weighted by Gasteiger charge is -2.22. The van der Waals surface area contributed by atoms with Crippen molar-refractivity contribution in [3.05, 3.63) is 94.9 Å². The van der Waals surface area contributed by atoms with E-state index in [-0.39, 0.29) is 6.54 Å². The van der Waals surface area contributed by atoms with E-state index < -0.39 is 23.8 Å². The highest BCUT2D eigenvalue weighted by Gasteiger charge is 2.40. The second-order valence-corrected chi connectivity index (χ2v) is 7.63. The van der Waals surface area contributed by atoms with Crippen LogP contribution in [0.3, 0.4) is 0 Å². The van der Waals surface area contributed by atoms with E-state index in [0.717, 1.165) is 21.7 Å².